The van der Waals surface area contributed by atoms with Gasteiger partial charge in [-0.05, 0) is 72.3 Å². The Balaban J connectivity index is 1.52. The molecule has 178 valence electrons. The molecule has 2 N–H and O–H groups in total. The van der Waals surface area contributed by atoms with Gasteiger partial charge in [-0.2, -0.15) is 0 Å². The molecule has 35 heavy (non-hydrogen) atoms. The van der Waals surface area contributed by atoms with E-state index in [2.05, 4.69) is 10.3 Å². The van der Waals surface area contributed by atoms with Gasteiger partial charge in [-0.15, -0.1) is 0 Å². The Morgan fingerprint density at radius 1 is 1.17 bits per heavy atom. The fourth-order valence-electron chi connectivity index (χ4n) is 3.28. The van der Waals surface area contributed by atoms with Crippen molar-refractivity contribution in [3.63, 3.8) is 0 Å². The van der Waals surface area contributed by atoms with Crippen LogP contribution in [0.4, 0.5) is 5.69 Å². The first-order valence-electron chi connectivity index (χ1n) is 10.5. The van der Waals surface area contributed by atoms with E-state index in [1.807, 2.05) is 31.2 Å². The molecular weight excluding hydrogens is 488 g/mol. The fraction of sp³-hybridized carbons (Fsp3) is 0.115. The zero-order chi connectivity index (χ0) is 24.9. The standard InChI is InChI=1S/C26H21ClN2O5S/c1-15-6-8-19(9-7-15)28-26-29-24(30)22(35-26)13-17-11-20(27)23(21(12-17)33-2)34-14-16-4-3-5-18(10-16)25(31)32/h3-13H,14H2,1-2H3,(H,31,32)(H,28,29,30)/b22-13+. The Labute approximate surface area is 211 Å². The average molecular weight is 509 g/mol. The van der Waals surface area contributed by atoms with Crippen LogP contribution in [0.3, 0.4) is 0 Å². The number of carboxylic acid groups (broad SMARTS) is 1. The number of aryl methyl sites for hydroxylation is 1. The number of ether oxygens (including phenoxy) is 2. The van der Waals surface area contributed by atoms with Gasteiger partial charge in [0.15, 0.2) is 16.7 Å². The number of nitrogens with zero attached hydrogens (tertiary/aromatic N) is 1. The molecule has 0 unspecified atom stereocenters. The summed E-state index contributed by atoms with van der Waals surface area (Å²) in [6.07, 6.45) is 1.70. The minimum Gasteiger partial charge on any atom is -0.493 e. The lowest BCUT2D eigenvalue weighted by Gasteiger charge is -2.14. The molecule has 1 fully saturated rings. The number of aromatic carboxylic acids is 1. The molecule has 1 amide bonds. The average Bonchev–Trinajstić information content (AvgIpc) is 3.17. The third-order valence-electron chi connectivity index (χ3n) is 5.02. The van der Waals surface area contributed by atoms with E-state index >= 15 is 0 Å². The number of amides is 1. The lowest BCUT2D eigenvalue weighted by molar-refractivity contribution is -0.115. The number of amidine groups is 1. The van der Waals surface area contributed by atoms with Gasteiger partial charge >= 0.3 is 5.97 Å². The van der Waals surface area contributed by atoms with Crippen LogP contribution < -0.4 is 14.8 Å². The van der Waals surface area contributed by atoms with Gasteiger partial charge in [0.2, 0.25) is 0 Å². The van der Waals surface area contributed by atoms with Gasteiger partial charge in [0.25, 0.3) is 5.91 Å². The molecule has 1 aliphatic heterocycles. The molecule has 0 saturated carbocycles. The zero-order valence-electron chi connectivity index (χ0n) is 18.9. The molecule has 9 heteroatoms. The molecule has 1 aliphatic rings. The predicted molar refractivity (Wildman–Crippen MR) is 138 cm³/mol. The van der Waals surface area contributed by atoms with Crippen molar-refractivity contribution in [3.8, 4) is 11.5 Å². The summed E-state index contributed by atoms with van der Waals surface area (Å²) in [5.74, 6) is -0.562. The van der Waals surface area contributed by atoms with Crippen LogP contribution >= 0.6 is 23.4 Å². The Kier molecular flexibility index (Phi) is 7.43. The summed E-state index contributed by atoms with van der Waals surface area (Å²) < 4.78 is 11.3. The highest BCUT2D eigenvalue weighted by Crippen LogP contribution is 2.38. The highest BCUT2D eigenvalue weighted by atomic mass is 35.5. The third-order valence-corrected chi connectivity index (χ3v) is 6.21. The normalized spacial score (nSPS) is 15.3. The summed E-state index contributed by atoms with van der Waals surface area (Å²) in [5.41, 5.74) is 3.38. The van der Waals surface area contributed by atoms with Gasteiger partial charge < -0.3 is 19.9 Å². The topological polar surface area (TPSA) is 97.2 Å². The smallest absolute Gasteiger partial charge is 0.335 e. The van der Waals surface area contributed by atoms with Gasteiger partial charge in [-0.3, -0.25) is 4.79 Å². The quantitative estimate of drug-likeness (QED) is 0.390. The van der Waals surface area contributed by atoms with E-state index in [0.717, 1.165) is 11.3 Å². The van der Waals surface area contributed by atoms with Crippen LogP contribution in [-0.2, 0) is 11.4 Å². The van der Waals surface area contributed by atoms with Gasteiger partial charge in [0.1, 0.15) is 6.61 Å². The number of hydrogen-bond acceptors (Lipinski definition) is 6. The molecule has 0 bridgehead atoms. The largest absolute Gasteiger partial charge is 0.493 e. The predicted octanol–water partition coefficient (Wildman–Crippen LogP) is 5.83. The maximum absolute atomic E-state index is 12.5. The first-order chi connectivity index (χ1) is 16.8. The number of thioether (sulfide) groups is 1. The molecular formula is C26H21ClN2O5S. The van der Waals surface area contributed by atoms with Crippen molar-refractivity contribution in [2.45, 2.75) is 13.5 Å². The van der Waals surface area contributed by atoms with E-state index < -0.39 is 5.97 Å². The van der Waals surface area contributed by atoms with Crippen LogP contribution in [0.5, 0.6) is 11.5 Å². The summed E-state index contributed by atoms with van der Waals surface area (Å²) in [5, 5.41) is 12.7. The SMILES string of the molecule is COc1cc(/C=C2/SC(=Nc3ccc(C)cc3)NC2=O)cc(Cl)c1OCc1cccc(C(=O)O)c1. The lowest BCUT2D eigenvalue weighted by Crippen LogP contribution is -2.19. The number of aliphatic imine (C=N–C) groups is 1. The zero-order valence-corrected chi connectivity index (χ0v) is 20.4. The molecule has 3 aromatic rings. The maximum atomic E-state index is 12.5. The van der Waals surface area contributed by atoms with Crippen LogP contribution in [0.25, 0.3) is 6.08 Å². The number of halogens is 1. The molecule has 0 radical (unpaired) electrons. The minimum atomic E-state index is -1.01. The van der Waals surface area contributed by atoms with Crippen LogP contribution in [0.1, 0.15) is 27.0 Å². The number of methoxy groups -OCH3 is 1. The second-order valence-corrected chi connectivity index (χ2v) is 9.08. The summed E-state index contributed by atoms with van der Waals surface area (Å²) >= 11 is 7.71. The highest BCUT2D eigenvalue weighted by Gasteiger charge is 2.24. The number of carbonyl (C=O) groups excluding carboxylic acids is 1. The molecule has 7 nitrogen and oxygen atoms in total. The first-order valence-corrected chi connectivity index (χ1v) is 11.7. The number of rotatable bonds is 7. The summed E-state index contributed by atoms with van der Waals surface area (Å²) in [6.45, 7) is 2.10. The highest BCUT2D eigenvalue weighted by molar-refractivity contribution is 8.18. The number of benzene rings is 3. The molecule has 1 heterocycles. The summed E-state index contributed by atoms with van der Waals surface area (Å²) in [4.78, 5) is 28.6. The van der Waals surface area contributed by atoms with E-state index in [1.54, 1.807) is 30.3 Å². The molecule has 0 aromatic heterocycles. The van der Waals surface area contributed by atoms with Crippen molar-refractivity contribution in [1.29, 1.82) is 0 Å². The van der Waals surface area contributed by atoms with Crippen molar-refractivity contribution in [2.75, 3.05) is 7.11 Å². The van der Waals surface area contributed by atoms with Crippen LogP contribution in [0, 0.1) is 6.92 Å². The Morgan fingerprint density at radius 2 is 1.94 bits per heavy atom. The van der Waals surface area contributed by atoms with E-state index in [0.29, 0.717) is 37.7 Å². The number of carboxylic acids is 1. The molecule has 3 aromatic carbocycles. The van der Waals surface area contributed by atoms with E-state index in [4.69, 9.17) is 26.2 Å². The summed E-state index contributed by atoms with van der Waals surface area (Å²) in [6, 6.07) is 17.5. The number of carbonyl (C=O) groups is 2. The summed E-state index contributed by atoms with van der Waals surface area (Å²) in [7, 11) is 1.49. The van der Waals surface area contributed by atoms with E-state index in [1.165, 1.54) is 31.0 Å². The Bertz CT molecular complexity index is 1350. The van der Waals surface area contributed by atoms with Gasteiger partial charge in [0.05, 0.1) is 28.3 Å². The van der Waals surface area contributed by atoms with E-state index in [-0.39, 0.29) is 18.1 Å². The fourth-order valence-corrected chi connectivity index (χ4v) is 4.40. The van der Waals surface area contributed by atoms with Gasteiger partial charge in [-0.1, -0.05) is 41.4 Å². The molecule has 4 rings (SSSR count). The van der Waals surface area contributed by atoms with Crippen LogP contribution in [0.15, 0.2) is 70.6 Å². The number of hydrogen-bond donors (Lipinski definition) is 2. The lowest BCUT2D eigenvalue weighted by atomic mass is 10.1. The molecule has 0 atom stereocenters. The van der Waals surface area contributed by atoms with Gasteiger partial charge in [0, 0.05) is 0 Å². The van der Waals surface area contributed by atoms with Crippen molar-refractivity contribution in [2.24, 2.45) is 4.99 Å². The van der Waals surface area contributed by atoms with Crippen molar-refractivity contribution in [3.05, 3.63) is 92.8 Å². The van der Waals surface area contributed by atoms with Crippen LogP contribution in [-0.4, -0.2) is 29.3 Å². The van der Waals surface area contributed by atoms with Crippen molar-refractivity contribution in [1.82, 2.24) is 5.32 Å². The Hall–Kier alpha value is -3.75. The third kappa shape index (κ3) is 6.03. The Morgan fingerprint density at radius 3 is 2.66 bits per heavy atom. The van der Waals surface area contributed by atoms with Gasteiger partial charge in [-0.25, -0.2) is 9.79 Å². The van der Waals surface area contributed by atoms with Crippen molar-refractivity contribution < 1.29 is 24.2 Å². The molecule has 1 saturated heterocycles. The van der Waals surface area contributed by atoms with E-state index in [9.17, 15) is 9.59 Å². The first kappa shape index (κ1) is 24.4. The van der Waals surface area contributed by atoms with Crippen molar-refractivity contribution >= 4 is 52.2 Å². The monoisotopic (exact) mass is 508 g/mol. The minimum absolute atomic E-state index is 0.106. The van der Waals surface area contributed by atoms with Crippen LogP contribution in [0.2, 0.25) is 5.02 Å². The second-order valence-electron chi connectivity index (χ2n) is 7.65. The maximum Gasteiger partial charge on any atom is 0.335 e. The molecule has 0 aliphatic carbocycles. The second kappa shape index (κ2) is 10.7. The molecule has 0 spiro atoms. The number of nitrogens with one attached hydrogen (secondary N) is 1.